The van der Waals surface area contributed by atoms with Gasteiger partial charge in [0, 0.05) is 38.4 Å². The Morgan fingerprint density at radius 1 is 1.32 bits per heavy atom. The lowest BCUT2D eigenvalue weighted by Gasteiger charge is -2.11. The van der Waals surface area contributed by atoms with Crippen molar-refractivity contribution < 1.29 is 0 Å². The van der Waals surface area contributed by atoms with Crippen molar-refractivity contribution in [3.05, 3.63) is 53.1 Å². The summed E-state index contributed by atoms with van der Waals surface area (Å²) < 4.78 is 2.08. The van der Waals surface area contributed by atoms with Crippen molar-refractivity contribution in [1.29, 1.82) is 0 Å². The maximum Gasteiger partial charge on any atom is 0.112 e. The summed E-state index contributed by atoms with van der Waals surface area (Å²) in [6.45, 7) is 7.43. The minimum absolute atomic E-state index is 0.513. The summed E-state index contributed by atoms with van der Waals surface area (Å²) >= 11 is 0. The molecule has 0 saturated carbocycles. The van der Waals surface area contributed by atoms with Crippen molar-refractivity contribution in [2.75, 3.05) is 0 Å². The second kappa shape index (κ2) is 6.02. The fraction of sp³-hybridized carbons (Fsp3) is 0.438. The van der Waals surface area contributed by atoms with E-state index in [4.69, 9.17) is 0 Å². The van der Waals surface area contributed by atoms with E-state index in [9.17, 15) is 0 Å². The minimum Gasteiger partial charge on any atom is -0.338 e. The molecule has 0 bridgehead atoms. The first-order valence-corrected chi connectivity index (χ1v) is 6.84. The number of hydrogen-bond acceptors (Lipinski definition) is 2. The van der Waals surface area contributed by atoms with Crippen molar-refractivity contribution in [2.24, 2.45) is 7.05 Å². The molecule has 0 unspecified atom stereocenters. The van der Waals surface area contributed by atoms with Crippen LogP contribution in [0, 0.1) is 6.92 Å². The van der Waals surface area contributed by atoms with E-state index < -0.39 is 0 Å². The quantitative estimate of drug-likeness (QED) is 0.892. The largest absolute Gasteiger partial charge is 0.338 e. The standard InChI is InChI=1S/C16H23N3/c1-12(2)18-11-14-6-5-13(3)15(9-14)10-16-17-7-8-19(16)4/h5-9,12,18H,10-11H2,1-4H3. The van der Waals surface area contributed by atoms with Gasteiger partial charge < -0.3 is 9.88 Å². The molecule has 0 atom stereocenters. The van der Waals surface area contributed by atoms with E-state index in [0.717, 1.165) is 18.8 Å². The van der Waals surface area contributed by atoms with Crippen LogP contribution in [0.4, 0.5) is 0 Å². The molecular weight excluding hydrogens is 234 g/mol. The average Bonchev–Trinajstić information content (AvgIpc) is 2.76. The van der Waals surface area contributed by atoms with E-state index in [-0.39, 0.29) is 0 Å². The lowest BCUT2D eigenvalue weighted by atomic mass is 10.0. The number of benzene rings is 1. The smallest absolute Gasteiger partial charge is 0.112 e. The Bertz CT molecular complexity index is 541. The number of aryl methyl sites for hydroxylation is 2. The summed E-state index contributed by atoms with van der Waals surface area (Å²) in [7, 11) is 2.04. The van der Waals surface area contributed by atoms with Crippen LogP contribution in [-0.4, -0.2) is 15.6 Å². The first kappa shape index (κ1) is 13.8. The van der Waals surface area contributed by atoms with Crippen molar-refractivity contribution in [3.8, 4) is 0 Å². The molecule has 1 aromatic carbocycles. The van der Waals surface area contributed by atoms with Crippen LogP contribution < -0.4 is 5.32 Å². The Hall–Kier alpha value is -1.61. The maximum absolute atomic E-state index is 4.40. The highest BCUT2D eigenvalue weighted by Gasteiger charge is 2.06. The molecule has 2 rings (SSSR count). The highest BCUT2D eigenvalue weighted by Crippen LogP contribution is 2.15. The van der Waals surface area contributed by atoms with Gasteiger partial charge >= 0.3 is 0 Å². The second-order valence-electron chi connectivity index (χ2n) is 5.43. The Morgan fingerprint density at radius 3 is 2.74 bits per heavy atom. The third-order valence-corrected chi connectivity index (χ3v) is 3.40. The molecule has 0 spiro atoms. The first-order chi connectivity index (χ1) is 9.06. The zero-order chi connectivity index (χ0) is 13.8. The number of hydrogen-bond donors (Lipinski definition) is 1. The van der Waals surface area contributed by atoms with E-state index in [1.54, 1.807) is 0 Å². The van der Waals surface area contributed by atoms with Gasteiger partial charge in [0.15, 0.2) is 0 Å². The van der Waals surface area contributed by atoms with Crippen molar-refractivity contribution >= 4 is 0 Å². The predicted octanol–water partition coefficient (Wildman–Crippen LogP) is 2.82. The molecule has 3 nitrogen and oxygen atoms in total. The highest BCUT2D eigenvalue weighted by molar-refractivity contribution is 5.33. The summed E-state index contributed by atoms with van der Waals surface area (Å²) in [4.78, 5) is 4.40. The van der Waals surface area contributed by atoms with Crippen LogP contribution in [0.2, 0.25) is 0 Å². The molecule has 19 heavy (non-hydrogen) atoms. The summed E-state index contributed by atoms with van der Waals surface area (Å²) in [5.41, 5.74) is 4.03. The summed E-state index contributed by atoms with van der Waals surface area (Å²) in [5.74, 6) is 1.11. The van der Waals surface area contributed by atoms with Gasteiger partial charge in [-0.25, -0.2) is 4.98 Å². The molecule has 0 amide bonds. The second-order valence-corrected chi connectivity index (χ2v) is 5.43. The lowest BCUT2D eigenvalue weighted by molar-refractivity contribution is 0.588. The predicted molar refractivity (Wildman–Crippen MR) is 79.2 cm³/mol. The third kappa shape index (κ3) is 3.67. The Balaban J connectivity index is 2.15. The maximum atomic E-state index is 4.40. The van der Waals surface area contributed by atoms with Crippen LogP contribution in [0.1, 0.15) is 36.4 Å². The van der Waals surface area contributed by atoms with Crippen molar-refractivity contribution in [3.63, 3.8) is 0 Å². The summed E-state index contributed by atoms with van der Waals surface area (Å²) in [5, 5.41) is 3.46. The Kier molecular flexibility index (Phi) is 4.38. The average molecular weight is 257 g/mol. The molecule has 1 heterocycles. The van der Waals surface area contributed by atoms with E-state index >= 15 is 0 Å². The van der Waals surface area contributed by atoms with Gasteiger partial charge in [-0.3, -0.25) is 0 Å². The van der Waals surface area contributed by atoms with Gasteiger partial charge in [0.25, 0.3) is 0 Å². The van der Waals surface area contributed by atoms with E-state index in [0.29, 0.717) is 6.04 Å². The molecule has 3 heteroatoms. The summed E-state index contributed by atoms with van der Waals surface area (Å²) in [6, 6.07) is 7.21. The highest BCUT2D eigenvalue weighted by atomic mass is 15.0. The van der Waals surface area contributed by atoms with Gasteiger partial charge in [0.1, 0.15) is 5.82 Å². The van der Waals surface area contributed by atoms with Crippen LogP contribution in [-0.2, 0) is 20.0 Å². The van der Waals surface area contributed by atoms with Gasteiger partial charge in [0.05, 0.1) is 0 Å². The number of imidazole rings is 1. The number of nitrogens with zero attached hydrogens (tertiary/aromatic N) is 2. The molecule has 0 saturated heterocycles. The van der Waals surface area contributed by atoms with Crippen LogP contribution in [0.15, 0.2) is 30.6 Å². The Labute approximate surface area is 115 Å². The van der Waals surface area contributed by atoms with E-state index in [1.165, 1.54) is 16.7 Å². The number of aromatic nitrogens is 2. The van der Waals surface area contributed by atoms with Gasteiger partial charge in [-0.1, -0.05) is 32.0 Å². The molecule has 0 fully saturated rings. The molecule has 0 radical (unpaired) electrons. The van der Waals surface area contributed by atoms with Crippen LogP contribution >= 0.6 is 0 Å². The lowest BCUT2D eigenvalue weighted by Crippen LogP contribution is -2.21. The molecule has 0 aliphatic rings. The van der Waals surface area contributed by atoms with Crippen LogP contribution in [0.3, 0.4) is 0 Å². The summed E-state index contributed by atoms with van der Waals surface area (Å²) in [6.07, 6.45) is 4.74. The monoisotopic (exact) mass is 257 g/mol. The SMILES string of the molecule is Cc1ccc(CNC(C)C)cc1Cc1nccn1C. The zero-order valence-corrected chi connectivity index (χ0v) is 12.3. The number of nitrogens with one attached hydrogen (secondary N) is 1. The molecule has 102 valence electrons. The first-order valence-electron chi connectivity index (χ1n) is 6.84. The van der Waals surface area contributed by atoms with Gasteiger partial charge in [-0.15, -0.1) is 0 Å². The normalized spacial score (nSPS) is 11.2. The fourth-order valence-electron chi connectivity index (χ4n) is 2.08. The number of rotatable bonds is 5. The molecule has 1 aromatic heterocycles. The molecular formula is C16H23N3. The van der Waals surface area contributed by atoms with Crippen LogP contribution in [0.5, 0.6) is 0 Å². The van der Waals surface area contributed by atoms with Crippen molar-refractivity contribution in [2.45, 2.75) is 39.8 Å². The van der Waals surface area contributed by atoms with E-state index in [1.807, 2.05) is 19.4 Å². The topological polar surface area (TPSA) is 29.9 Å². The molecule has 0 aliphatic heterocycles. The van der Waals surface area contributed by atoms with Crippen molar-refractivity contribution in [1.82, 2.24) is 14.9 Å². The van der Waals surface area contributed by atoms with Gasteiger partial charge in [0.2, 0.25) is 0 Å². The Morgan fingerprint density at radius 2 is 2.11 bits per heavy atom. The third-order valence-electron chi connectivity index (χ3n) is 3.40. The fourth-order valence-corrected chi connectivity index (χ4v) is 2.08. The zero-order valence-electron chi connectivity index (χ0n) is 12.3. The van der Waals surface area contributed by atoms with E-state index in [2.05, 4.69) is 53.8 Å². The van der Waals surface area contributed by atoms with Crippen LogP contribution in [0.25, 0.3) is 0 Å². The molecule has 2 aromatic rings. The van der Waals surface area contributed by atoms with Gasteiger partial charge in [-0.05, 0) is 23.6 Å². The molecule has 1 N–H and O–H groups in total. The molecule has 0 aliphatic carbocycles. The minimum atomic E-state index is 0.513. The van der Waals surface area contributed by atoms with Gasteiger partial charge in [-0.2, -0.15) is 0 Å².